The minimum absolute atomic E-state index is 0.191. The predicted octanol–water partition coefficient (Wildman–Crippen LogP) is 4.26. The van der Waals surface area contributed by atoms with Crippen molar-refractivity contribution in [3.8, 4) is 17.2 Å². The quantitative estimate of drug-likeness (QED) is 0.229. The number of hydrogen-bond acceptors (Lipinski definition) is 6. The summed E-state index contributed by atoms with van der Waals surface area (Å²) < 4.78 is 16.0. The Morgan fingerprint density at radius 3 is 1.94 bits per heavy atom. The van der Waals surface area contributed by atoms with Crippen LogP contribution in [0.4, 0.5) is 5.69 Å². The van der Waals surface area contributed by atoms with Crippen molar-refractivity contribution in [3.63, 3.8) is 0 Å². The molecule has 0 spiro atoms. The average molecular weight is 431 g/mol. The van der Waals surface area contributed by atoms with Gasteiger partial charge in [-0.25, -0.2) is 4.90 Å². The molecule has 0 saturated heterocycles. The van der Waals surface area contributed by atoms with E-state index in [1.54, 1.807) is 79.9 Å². The van der Waals surface area contributed by atoms with E-state index in [1.165, 1.54) is 0 Å². The van der Waals surface area contributed by atoms with Gasteiger partial charge in [-0.1, -0.05) is 12.1 Å². The van der Waals surface area contributed by atoms with Crippen LogP contribution in [0.1, 0.15) is 33.6 Å². The molecule has 32 heavy (non-hydrogen) atoms. The lowest BCUT2D eigenvalue weighted by Crippen LogP contribution is -2.29. The van der Waals surface area contributed by atoms with Crippen LogP contribution in [0.25, 0.3) is 0 Å². The summed E-state index contributed by atoms with van der Waals surface area (Å²) >= 11 is 0. The number of esters is 1. The smallest absolute Gasteiger partial charge is 0.311 e. The fourth-order valence-electron chi connectivity index (χ4n) is 3.35. The molecule has 0 bridgehead atoms. The Balaban J connectivity index is 1.27. The van der Waals surface area contributed by atoms with Gasteiger partial charge in [-0.15, -0.1) is 0 Å². The van der Waals surface area contributed by atoms with Gasteiger partial charge in [0.1, 0.15) is 17.2 Å². The zero-order valence-corrected chi connectivity index (χ0v) is 17.4. The summed E-state index contributed by atoms with van der Waals surface area (Å²) in [6.07, 6.45) is 0.689. The van der Waals surface area contributed by atoms with Crippen molar-refractivity contribution in [2.75, 3.05) is 18.6 Å². The van der Waals surface area contributed by atoms with Crippen molar-refractivity contribution in [3.05, 3.63) is 83.9 Å². The van der Waals surface area contributed by atoms with Gasteiger partial charge >= 0.3 is 5.97 Å². The second-order valence-corrected chi connectivity index (χ2v) is 7.09. The van der Waals surface area contributed by atoms with Gasteiger partial charge in [-0.2, -0.15) is 0 Å². The number of methoxy groups -OCH3 is 1. The number of rotatable bonds is 8. The molecule has 3 aromatic rings. The second kappa shape index (κ2) is 9.34. The lowest BCUT2D eigenvalue weighted by Gasteiger charge is -2.14. The molecule has 162 valence electrons. The van der Waals surface area contributed by atoms with Crippen molar-refractivity contribution in [1.82, 2.24) is 0 Å². The molecule has 0 saturated carbocycles. The largest absolute Gasteiger partial charge is 0.497 e. The number of fused-ring (bicyclic) bond motifs is 1. The van der Waals surface area contributed by atoms with E-state index < -0.39 is 5.97 Å². The Hall–Kier alpha value is -4.13. The number of carbonyl (C=O) groups is 3. The van der Waals surface area contributed by atoms with Crippen LogP contribution in [0, 0.1) is 0 Å². The van der Waals surface area contributed by atoms with Crippen LogP contribution < -0.4 is 19.1 Å². The van der Waals surface area contributed by atoms with Gasteiger partial charge in [0.2, 0.25) is 0 Å². The van der Waals surface area contributed by atoms with Gasteiger partial charge in [-0.05, 0) is 67.1 Å². The summed E-state index contributed by atoms with van der Waals surface area (Å²) in [5.74, 6) is 0.653. The molecule has 0 N–H and O–H groups in total. The zero-order valence-electron chi connectivity index (χ0n) is 17.4. The normalized spacial score (nSPS) is 12.5. The van der Waals surface area contributed by atoms with Gasteiger partial charge in [0.05, 0.1) is 30.5 Å². The van der Waals surface area contributed by atoms with E-state index in [1.807, 2.05) is 0 Å². The van der Waals surface area contributed by atoms with E-state index >= 15 is 0 Å². The molecule has 0 unspecified atom stereocenters. The van der Waals surface area contributed by atoms with E-state index in [0.717, 1.165) is 10.6 Å². The van der Waals surface area contributed by atoms with Gasteiger partial charge in [0.15, 0.2) is 0 Å². The number of benzene rings is 3. The third-order valence-corrected chi connectivity index (χ3v) is 4.97. The van der Waals surface area contributed by atoms with Crippen molar-refractivity contribution in [1.29, 1.82) is 0 Å². The lowest BCUT2D eigenvalue weighted by atomic mass is 10.1. The fraction of sp³-hybridized carbons (Fsp3) is 0.160. The first-order valence-corrected chi connectivity index (χ1v) is 10.1. The molecule has 7 heteroatoms. The summed E-state index contributed by atoms with van der Waals surface area (Å²) in [5.41, 5.74) is 1.18. The van der Waals surface area contributed by atoms with E-state index in [4.69, 9.17) is 14.2 Å². The van der Waals surface area contributed by atoms with Crippen molar-refractivity contribution < 1.29 is 28.6 Å². The molecule has 0 radical (unpaired) electrons. The highest BCUT2D eigenvalue weighted by Gasteiger charge is 2.36. The minimum Gasteiger partial charge on any atom is -0.497 e. The van der Waals surface area contributed by atoms with Crippen LogP contribution in [-0.4, -0.2) is 31.5 Å². The molecule has 3 aromatic carbocycles. The summed E-state index contributed by atoms with van der Waals surface area (Å²) in [4.78, 5) is 38.3. The van der Waals surface area contributed by atoms with Crippen molar-refractivity contribution in [2.45, 2.75) is 12.8 Å². The van der Waals surface area contributed by atoms with Gasteiger partial charge in [0, 0.05) is 6.42 Å². The van der Waals surface area contributed by atoms with E-state index in [-0.39, 0.29) is 18.2 Å². The maximum atomic E-state index is 12.6. The molecular formula is C25H21NO6. The highest BCUT2D eigenvalue weighted by molar-refractivity contribution is 6.34. The van der Waals surface area contributed by atoms with Crippen LogP contribution in [0.3, 0.4) is 0 Å². The molecular weight excluding hydrogens is 410 g/mol. The first-order chi connectivity index (χ1) is 15.6. The zero-order chi connectivity index (χ0) is 22.5. The van der Waals surface area contributed by atoms with Crippen molar-refractivity contribution >= 4 is 23.5 Å². The first kappa shape index (κ1) is 21.1. The predicted molar refractivity (Wildman–Crippen MR) is 117 cm³/mol. The summed E-state index contributed by atoms with van der Waals surface area (Å²) in [5, 5.41) is 0. The third kappa shape index (κ3) is 4.46. The monoisotopic (exact) mass is 431 g/mol. The summed E-state index contributed by atoms with van der Waals surface area (Å²) in [7, 11) is 1.60. The third-order valence-electron chi connectivity index (χ3n) is 4.97. The van der Waals surface area contributed by atoms with Crippen molar-refractivity contribution in [2.24, 2.45) is 0 Å². The number of amides is 2. The van der Waals surface area contributed by atoms with E-state index in [9.17, 15) is 14.4 Å². The Bertz CT molecular complexity index is 1100. The fourth-order valence-corrected chi connectivity index (χ4v) is 3.35. The summed E-state index contributed by atoms with van der Waals surface area (Å²) in [6.45, 7) is 0.375. The van der Waals surface area contributed by atoms with Crippen LogP contribution in [-0.2, 0) is 4.79 Å². The maximum absolute atomic E-state index is 12.6. The molecule has 4 rings (SSSR count). The van der Waals surface area contributed by atoms with Gasteiger partial charge in [0.25, 0.3) is 11.8 Å². The Kier molecular flexibility index (Phi) is 6.17. The van der Waals surface area contributed by atoms with E-state index in [0.29, 0.717) is 41.3 Å². The first-order valence-electron chi connectivity index (χ1n) is 10.1. The molecule has 2 amide bonds. The average Bonchev–Trinajstić information content (AvgIpc) is 3.08. The highest BCUT2D eigenvalue weighted by Crippen LogP contribution is 2.29. The van der Waals surface area contributed by atoms with Gasteiger partial charge < -0.3 is 14.2 Å². The number of anilines is 1. The SMILES string of the molecule is COc1ccc(OCCCC(=O)Oc2ccc(N3C(=O)c4ccccc4C3=O)cc2)cc1. The number of hydrogen-bond donors (Lipinski definition) is 0. The molecule has 7 nitrogen and oxygen atoms in total. The molecule has 0 aromatic heterocycles. The lowest BCUT2D eigenvalue weighted by molar-refractivity contribution is -0.134. The van der Waals surface area contributed by atoms with E-state index in [2.05, 4.69) is 0 Å². The van der Waals surface area contributed by atoms with Crippen LogP contribution in [0.15, 0.2) is 72.8 Å². The molecule has 1 heterocycles. The second-order valence-electron chi connectivity index (χ2n) is 7.09. The Morgan fingerprint density at radius 2 is 1.34 bits per heavy atom. The number of carbonyl (C=O) groups excluding carboxylic acids is 3. The summed E-state index contributed by atoms with van der Waals surface area (Å²) in [6, 6.07) is 20.2. The molecule has 1 aliphatic heterocycles. The molecule has 0 atom stereocenters. The maximum Gasteiger partial charge on any atom is 0.311 e. The topological polar surface area (TPSA) is 82.1 Å². The number of ether oxygens (including phenoxy) is 3. The standard InChI is InChI=1S/C25H21NO6/c1-30-18-12-14-19(15-13-18)31-16-4-7-23(27)32-20-10-8-17(9-11-20)26-24(28)21-5-2-3-6-22(21)25(26)29/h2-3,5-6,8-15H,4,7,16H2,1H3. The van der Waals surface area contributed by atoms with Gasteiger partial charge in [-0.3, -0.25) is 14.4 Å². The van der Waals surface area contributed by atoms with Crippen LogP contribution >= 0.6 is 0 Å². The number of imide groups is 1. The highest BCUT2D eigenvalue weighted by atomic mass is 16.5. The number of nitrogens with zero attached hydrogens (tertiary/aromatic N) is 1. The Labute approximate surface area is 185 Å². The molecule has 1 aliphatic rings. The van der Waals surface area contributed by atoms with Crippen LogP contribution in [0.5, 0.6) is 17.2 Å². The Morgan fingerprint density at radius 1 is 0.781 bits per heavy atom. The molecule has 0 aliphatic carbocycles. The van der Waals surface area contributed by atoms with Crippen LogP contribution in [0.2, 0.25) is 0 Å². The molecule has 0 fully saturated rings. The minimum atomic E-state index is -0.392.